The van der Waals surface area contributed by atoms with Gasteiger partial charge in [0.05, 0.1) is 0 Å². The molecule has 1 heterocycles. The smallest absolute Gasteiger partial charge is 0.251 e. The maximum absolute atomic E-state index is 12.3. The Morgan fingerprint density at radius 1 is 1.30 bits per heavy atom. The number of carbonyl (C=O) groups excluding carboxylic acids is 1. The van der Waals surface area contributed by atoms with Crippen molar-refractivity contribution in [1.29, 1.82) is 0 Å². The number of anilines is 1. The molecule has 1 amide bonds. The second-order valence-electron chi connectivity index (χ2n) is 5.26. The Morgan fingerprint density at radius 2 is 2.00 bits per heavy atom. The average molecular weight is 296 g/mol. The number of aromatic nitrogens is 1. The van der Waals surface area contributed by atoms with Gasteiger partial charge >= 0.3 is 0 Å². The SMILES string of the molecule is CCNc1cc(C(=O)NC2CCCCCC2)cc(Cl)n1. The van der Waals surface area contributed by atoms with Crippen LogP contribution in [0, 0.1) is 0 Å². The molecule has 0 aliphatic heterocycles. The van der Waals surface area contributed by atoms with Gasteiger partial charge in [0.25, 0.3) is 5.91 Å². The molecule has 4 nitrogen and oxygen atoms in total. The van der Waals surface area contributed by atoms with E-state index in [1.165, 1.54) is 25.7 Å². The van der Waals surface area contributed by atoms with Crippen LogP contribution in [0.1, 0.15) is 55.8 Å². The standard InChI is InChI=1S/C15H22ClN3O/c1-2-17-14-10-11(9-13(16)19-14)15(20)18-12-7-5-3-4-6-8-12/h9-10,12H,2-8H2,1H3,(H,17,19)(H,18,20). The zero-order valence-electron chi connectivity index (χ0n) is 11.9. The van der Waals surface area contributed by atoms with Crippen LogP contribution in [0.3, 0.4) is 0 Å². The Bertz CT molecular complexity index is 456. The number of carbonyl (C=O) groups is 1. The van der Waals surface area contributed by atoms with Crippen molar-refractivity contribution in [3.8, 4) is 0 Å². The minimum absolute atomic E-state index is 0.0552. The van der Waals surface area contributed by atoms with Crippen molar-refractivity contribution >= 4 is 23.3 Å². The van der Waals surface area contributed by atoms with Crippen molar-refractivity contribution < 1.29 is 4.79 Å². The van der Waals surface area contributed by atoms with Gasteiger partial charge in [-0.1, -0.05) is 37.3 Å². The number of nitrogens with one attached hydrogen (secondary N) is 2. The van der Waals surface area contributed by atoms with Crippen molar-refractivity contribution in [3.05, 3.63) is 22.8 Å². The summed E-state index contributed by atoms with van der Waals surface area (Å²) in [6.45, 7) is 2.73. The quantitative estimate of drug-likeness (QED) is 0.659. The molecule has 2 N–H and O–H groups in total. The van der Waals surface area contributed by atoms with Gasteiger partial charge in [-0.15, -0.1) is 0 Å². The maximum Gasteiger partial charge on any atom is 0.251 e. The molecule has 1 aliphatic carbocycles. The van der Waals surface area contributed by atoms with E-state index in [1.54, 1.807) is 12.1 Å². The summed E-state index contributed by atoms with van der Waals surface area (Å²) < 4.78 is 0. The summed E-state index contributed by atoms with van der Waals surface area (Å²) >= 11 is 5.97. The van der Waals surface area contributed by atoms with Gasteiger partial charge in [0.15, 0.2) is 0 Å². The Hall–Kier alpha value is -1.29. The van der Waals surface area contributed by atoms with Gasteiger partial charge < -0.3 is 10.6 Å². The first-order chi connectivity index (χ1) is 9.69. The number of hydrogen-bond donors (Lipinski definition) is 2. The van der Waals surface area contributed by atoms with E-state index in [4.69, 9.17) is 11.6 Å². The van der Waals surface area contributed by atoms with Crippen LogP contribution in [0.4, 0.5) is 5.82 Å². The van der Waals surface area contributed by atoms with Crippen molar-refractivity contribution in [1.82, 2.24) is 10.3 Å². The van der Waals surface area contributed by atoms with Crippen molar-refractivity contribution in [2.45, 2.75) is 51.5 Å². The zero-order chi connectivity index (χ0) is 14.4. The third-order valence-electron chi connectivity index (χ3n) is 3.60. The molecule has 20 heavy (non-hydrogen) atoms. The van der Waals surface area contributed by atoms with E-state index in [2.05, 4.69) is 15.6 Å². The molecule has 1 aromatic heterocycles. The molecule has 0 saturated heterocycles. The molecule has 5 heteroatoms. The van der Waals surface area contributed by atoms with E-state index in [-0.39, 0.29) is 5.91 Å². The molecule has 1 fully saturated rings. The first kappa shape index (κ1) is 15.1. The van der Waals surface area contributed by atoms with Gasteiger partial charge in [0, 0.05) is 18.2 Å². The topological polar surface area (TPSA) is 54.0 Å². The molecule has 0 atom stereocenters. The summed E-state index contributed by atoms with van der Waals surface area (Å²) in [6.07, 6.45) is 7.10. The van der Waals surface area contributed by atoms with Crippen molar-refractivity contribution in [2.24, 2.45) is 0 Å². The van der Waals surface area contributed by atoms with Gasteiger partial charge in [-0.05, 0) is 31.9 Å². The number of pyridine rings is 1. The fourth-order valence-electron chi connectivity index (χ4n) is 2.59. The van der Waals surface area contributed by atoms with Crippen LogP contribution in [-0.4, -0.2) is 23.5 Å². The van der Waals surface area contributed by atoms with Crippen LogP contribution in [0.25, 0.3) is 0 Å². The van der Waals surface area contributed by atoms with Gasteiger partial charge in [0.2, 0.25) is 0 Å². The number of nitrogens with zero attached hydrogens (tertiary/aromatic N) is 1. The van der Waals surface area contributed by atoms with Gasteiger partial charge in [-0.25, -0.2) is 4.98 Å². The maximum atomic E-state index is 12.3. The van der Waals surface area contributed by atoms with Crippen molar-refractivity contribution in [2.75, 3.05) is 11.9 Å². The third-order valence-corrected chi connectivity index (χ3v) is 3.80. The minimum Gasteiger partial charge on any atom is -0.370 e. The van der Waals surface area contributed by atoms with Crippen LogP contribution >= 0.6 is 11.6 Å². The van der Waals surface area contributed by atoms with E-state index >= 15 is 0 Å². The Kier molecular flexibility index (Phi) is 5.65. The summed E-state index contributed by atoms with van der Waals surface area (Å²) in [5.41, 5.74) is 0.574. The molecule has 2 rings (SSSR count). The van der Waals surface area contributed by atoms with Crippen LogP contribution in [-0.2, 0) is 0 Å². The average Bonchev–Trinajstić information content (AvgIpc) is 2.67. The highest BCUT2D eigenvalue weighted by molar-refractivity contribution is 6.29. The predicted molar refractivity (Wildman–Crippen MR) is 82.4 cm³/mol. The number of hydrogen-bond acceptors (Lipinski definition) is 3. The van der Waals surface area contributed by atoms with Crippen LogP contribution in [0.5, 0.6) is 0 Å². The summed E-state index contributed by atoms with van der Waals surface area (Å²) in [4.78, 5) is 16.5. The molecular formula is C15H22ClN3O. The first-order valence-corrected chi connectivity index (χ1v) is 7.79. The molecule has 0 spiro atoms. The van der Waals surface area contributed by atoms with Gasteiger partial charge in [-0.3, -0.25) is 4.79 Å². The second-order valence-corrected chi connectivity index (χ2v) is 5.64. The Balaban J connectivity index is 2.04. The number of amides is 1. The lowest BCUT2D eigenvalue weighted by atomic mass is 10.1. The molecule has 0 aromatic carbocycles. The van der Waals surface area contributed by atoms with Crippen LogP contribution < -0.4 is 10.6 Å². The number of halogens is 1. The number of rotatable bonds is 4. The van der Waals surface area contributed by atoms with E-state index in [9.17, 15) is 4.79 Å². The molecule has 110 valence electrons. The molecule has 1 aliphatic rings. The minimum atomic E-state index is -0.0552. The zero-order valence-corrected chi connectivity index (χ0v) is 12.7. The highest BCUT2D eigenvalue weighted by atomic mass is 35.5. The predicted octanol–water partition coefficient (Wildman–Crippen LogP) is 3.62. The molecule has 1 saturated carbocycles. The lowest BCUT2D eigenvalue weighted by Gasteiger charge is -2.16. The third kappa shape index (κ3) is 4.37. The normalized spacial score (nSPS) is 16.5. The Labute approximate surface area is 125 Å². The van der Waals surface area contributed by atoms with Gasteiger partial charge in [0.1, 0.15) is 11.0 Å². The second kappa shape index (κ2) is 7.48. The molecular weight excluding hydrogens is 274 g/mol. The van der Waals surface area contributed by atoms with Gasteiger partial charge in [-0.2, -0.15) is 0 Å². The van der Waals surface area contributed by atoms with E-state index in [1.807, 2.05) is 6.92 Å². The molecule has 0 radical (unpaired) electrons. The lowest BCUT2D eigenvalue weighted by molar-refractivity contribution is 0.0933. The first-order valence-electron chi connectivity index (χ1n) is 7.41. The van der Waals surface area contributed by atoms with Crippen molar-refractivity contribution in [3.63, 3.8) is 0 Å². The van der Waals surface area contributed by atoms with E-state index in [0.29, 0.717) is 22.6 Å². The molecule has 1 aromatic rings. The highest BCUT2D eigenvalue weighted by Crippen LogP contribution is 2.19. The van der Waals surface area contributed by atoms with Crippen LogP contribution in [0.15, 0.2) is 12.1 Å². The molecule has 0 unspecified atom stereocenters. The molecule has 0 bridgehead atoms. The van der Waals surface area contributed by atoms with Crippen LogP contribution in [0.2, 0.25) is 5.15 Å². The van der Waals surface area contributed by atoms with E-state index < -0.39 is 0 Å². The largest absolute Gasteiger partial charge is 0.370 e. The summed E-state index contributed by atoms with van der Waals surface area (Å²) in [7, 11) is 0. The fraction of sp³-hybridized carbons (Fsp3) is 0.600. The Morgan fingerprint density at radius 3 is 2.65 bits per heavy atom. The van der Waals surface area contributed by atoms with E-state index in [0.717, 1.165) is 19.4 Å². The summed E-state index contributed by atoms with van der Waals surface area (Å²) in [6, 6.07) is 3.66. The highest BCUT2D eigenvalue weighted by Gasteiger charge is 2.16. The summed E-state index contributed by atoms with van der Waals surface area (Å²) in [5.74, 6) is 0.589. The lowest BCUT2D eigenvalue weighted by Crippen LogP contribution is -2.34. The monoisotopic (exact) mass is 295 g/mol. The fourth-order valence-corrected chi connectivity index (χ4v) is 2.80. The summed E-state index contributed by atoms with van der Waals surface area (Å²) in [5, 5.41) is 6.54.